The molecule has 0 radical (unpaired) electrons. The molecule has 5 rings (SSSR count). The van der Waals surface area contributed by atoms with Gasteiger partial charge in [0.15, 0.2) is 0 Å². The van der Waals surface area contributed by atoms with Crippen LogP contribution in [-0.2, 0) is 11.2 Å². The number of hydrogen-bond donors (Lipinski definition) is 1. The topological polar surface area (TPSA) is 86.0 Å². The number of carboxylic acid groups (broad SMARTS) is 1. The Bertz CT molecular complexity index is 1340. The Morgan fingerprint density at radius 3 is 2.71 bits per heavy atom. The van der Waals surface area contributed by atoms with Crippen molar-refractivity contribution in [1.82, 2.24) is 14.6 Å². The summed E-state index contributed by atoms with van der Waals surface area (Å²) in [4.78, 5) is 16.3. The highest BCUT2D eigenvalue weighted by Crippen LogP contribution is 2.37. The first-order valence-corrected chi connectivity index (χ1v) is 11.7. The quantitative estimate of drug-likeness (QED) is 0.324. The Kier molecular flexibility index (Phi) is 6.19. The van der Waals surface area contributed by atoms with Crippen LogP contribution in [0.15, 0.2) is 65.5 Å². The number of fused-ring (bicyclic) bond motifs is 1. The van der Waals surface area contributed by atoms with Gasteiger partial charge in [-0.1, -0.05) is 30.3 Å². The molecule has 0 aliphatic heterocycles. The maximum atomic E-state index is 13.4. The maximum absolute atomic E-state index is 13.4. The second-order valence-corrected chi connectivity index (χ2v) is 9.03. The number of nitrogens with zero attached hydrogens (tertiary/aromatic N) is 3. The minimum atomic E-state index is -1.19. The van der Waals surface area contributed by atoms with Gasteiger partial charge in [0, 0.05) is 18.2 Å². The molecular weight excluding hydrogens is 505 g/mol. The molecule has 1 atom stereocenters. The molecule has 34 heavy (non-hydrogen) atoms. The highest BCUT2D eigenvalue weighted by Gasteiger charge is 2.26. The van der Waals surface area contributed by atoms with Gasteiger partial charge in [-0.15, -0.1) is 0 Å². The van der Waals surface area contributed by atoms with Crippen LogP contribution in [0.3, 0.4) is 0 Å². The number of para-hydroxylation sites is 1. The van der Waals surface area contributed by atoms with Gasteiger partial charge in [0.05, 0.1) is 11.1 Å². The average Bonchev–Trinajstić information content (AvgIpc) is 3.60. The van der Waals surface area contributed by atoms with Crippen LogP contribution in [-0.4, -0.2) is 38.4 Å². The Morgan fingerprint density at radius 1 is 1.21 bits per heavy atom. The average molecular weight is 526 g/mol. The van der Waals surface area contributed by atoms with Crippen molar-refractivity contribution in [2.75, 3.05) is 6.61 Å². The second-order valence-electron chi connectivity index (χ2n) is 8.23. The zero-order valence-corrected chi connectivity index (χ0v) is 19.6. The maximum Gasteiger partial charge on any atom is 0.345 e. The van der Waals surface area contributed by atoms with Crippen molar-refractivity contribution in [1.29, 1.82) is 0 Å². The molecule has 7 nitrogen and oxygen atoms in total. The fourth-order valence-corrected chi connectivity index (χ4v) is 4.37. The molecule has 1 aliphatic rings. The Balaban J connectivity index is 1.44. The molecule has 1 fully saturated rings. The summed E-state index contributed by atoms with van der Waals surface area (Å²) in [6, 6.07) is 13.5. The second kappa shape index (κ2) is 9.42. The summed E-state index contributed by atoms with van der Waals surface area (Å²) in [7, 11) is 0. The van der Waals surface area contributed by atoms with E-state index in [9.17, 15) is 14.3 Å². The van der Waals surface area contributed by atoms with Crippen LogP contribution in [0.4, 0.5) is 4.39 Å². The van der Waals surface area contributed by atoms with Crippen LogP contribution < -0.4 is 9.47 Å². The summed E-state index contributed by atoms with van der Waals surface area (Å²) in [5.41, 5.74) is 2.74. The zero-order valence-electron chi connectivity index (χ0n) is 18.0. The fourth-order valence-electron chi connectivity index (χ4n) is 3.69. The van der Waals surface area contributed by atoms with Gasteiger partial charge >= 0.3 is 5.97 Å². The Hall–Kier alpha value is -3.46. The standard InChI is InChI=1S/C25H21BrFN3O4/c26-22-19(16-7-9-18(27)10-8-16)12-30-23(22)24(28-14-29-30)34-21(25(31)32)11-17-3-1-2-4-20(17)33-13-15-5-6-15/h1-4,7-10,12,14-15,21H,5-6,11,13H2,(H,31,32)/t21-/m1/s1. The van der Waals surface area contributed by atoms with Crippen LogP contribution in [0.25, 0.3) is 16.6 Å². The van der Waals surface area contributed by atoms with E-state index in [4.69, 9.17) is 9.47 Å². The van der Waals surface area contributed by atoms with Crippen molar-refractivity contribution < 1.29 is 23.8 Å². The van der Waals surface area contributed by atoms with Gasteiger partial charge in [-0.3, -0.25) is 0 Å². The third-order valence-electron chi connectivity index (χ3n) is 5.71. The lowest BCUT2D eigenvalue weighted by atomic mass is 10.1. The van der Waals surface area contributed by atoms with E-state index in [2.05, 4.69) is 26.0 Å². The highest BCUT2D eigenvalue weighted by molar-refractivity contribution is 9.10. The molecule has 4 aromatic rings. The number of halogens is 2. The highest BCUT2D eigenvalue weighted by atomic mass is 79.9. The zero-order chi connectivity index (χ0) is 23.7. The van der Waals surface area contributed by atoms with Crippen LogP contribution in [0.1, 0.15) is 18.4 Å². The fraction of sp³-hybridized carbons (Fsp3) is 0.240. The number of carbonyl (C=O) groups is 1. The van der Waals surface area contributed by atoms with E-state index in [1.165, 1.54) is 31.3 Å². The summed E-state index contributed by atoms with van der Waals surface area (Å²) in [6.45, 7) is 0.630. The van der Waals surface area contributed by atoms with Gasteiger partial charge in [0.2, 0.25) is 12.0 Å². The molecule has 0 unspecified atom stereocenters. The number of ether oxygens (including phenoxy) is 2. The van der Waals surface area contributed by atoms with Crippen LogP contribution >= 0.6 is 15.9 Å². The molecule has 1 aliphatic carbocycles. The summed E-state index contributed by atoms with van der Waals surface area (Å²) < 4.78 is 27.4. The van der Waals surface area contributed by atoms with Gasteiger partial charge in [-0.25, -0.2) is 13.7 Å². The lowest BCUT2D eigenvalue weighted by molar-refractivity contribution is -0.145. The molecule has 174 valence electrons. The van der Waals surface area contributed by atoms with E-state index in [0.717, 1.165) is 16.7 Å². The molecule has 1 N–H and O–H groups in total. The molecule has 0 amide bonds. The summed E-state index contributed by atoms with van der Waals surface area (Å²) >= 11 is 3.56. The van der Waals surface area contributed by atoms with Crippen molar-refractivity contribution in [3.8, 4) is 22.8 Å². The smallest absolute Gasteiger partial charge is 0.345 e. The molecule has 9 heteroatoms. The van der Waals surface area contributed by atoms with Crippen molar-refractivity contribution in [3.05, 3.63) is 76.9 Å². The summed E-state index contributed by atoms with van der Waals surface area (Å²) in [5, 5.41) is 14.1. The molecule has 2 aromatic carbocycles. The molecule has 1 saturated carbocycles. The first-order valence-electron chi connectivity index (χ1n) is 10.9. The van der Waals surface area contributed by atoms with Gasteiger partial charge in [-0.05, 0) is 64.0 Å². The largest absolute Gasteiger partial charge is 0.493 e. The van der Waals surface area contributed by atoms with Crippen LogP contribution in [0.5, 0.6) is 11.6 Å². The molecule has 2 aromatic heterocycles. The third-order valence-corrected chi connectivity index (χ3v) is 6.52. The van der Waals surface area contributed by atoms with Crippen molar-refractivity contribution in [2.45, 2.75) is 25.4 Å². The van der Waals surface area contributed by atoms with Gasteiger partial charge in [0.1, 0.15) is 23.4 Å². The number of rotatable bonds is 9. The summed E-state index contributed by atoms with van der Waals surface area (Å²) in [5.74, 6) is -0.0807. The predicted molar refractivity (Wildman–Crippen MR) is 126 cm³/mol. The first-order chi connectivity index (χ1) is 16.5. The minimum absolute atomic E-state index is 0.107. The predicted octanol–water partition coefficient (Wildman–Crippen LogP) is 5.16. The lowest BCUT2D eigenvalue weighted by Gasteiger charge is -2.17. The van der Waals surface area contributed by atoms with Gasteiger partial charge < -0.3 is 14.6 Å². The Morgan fingerprint density at radius 2 is 1.97 bits per heavy atom. The monoisotopic (exact) mass is 525 g/mol. The van der Waals surface area contributed by atoms with E-state index in [0.29, 0.717) is 28.3 Å². The van der Waals surface area contributed by atoms with E-state index < -0.39 is 12.1 Å². The van der Waals surface area contributed by atoms with E-state index in [1.807, 2.05) is 24.3 Å². The van der Waals surface area contributed by atoms with Crippen LogP contribution in [0, 0.1) is 11.7 Å². The molecule has 0 bridgehead atoms. The van der Waals surface area contributed by atoms with Crippen molar-refractivity contribution >= 4 is 27.4 Å². The molecular formula is C25H21BrFN3O4. The van der Waals surface area contributed by atoms with Crippen molar-refractivity contribution in [3.63, 3.8) is 0 Å². The SMILES string of the molecule is O=C(O)[C@@H](Cc1ccccc1OCC1CC1)Oc1ncnn2cc(-c3ccc(F)cc3)c(Br)c12. The first kappa shape index (κ1) is 22.3. The Labute approximate surface area is 203 Å². The number of aliphatic carboxylic acids is 1. The van der Waals surface area contributed by atoms with Crippen LogP contribution in [0.2, 0.25) is 0 Å². The molecule has 0 saturated heterocycles. The third kappa shape index (κ3) is 4.75. The van der Waals surface area contributed by atoms with E-state index >= 15 is 0 Å². The van der Waals surface area contributed by atoms with E-state index in [-0.39, 0.29) is 18.1 Å². The lowest BCUT2D eigenvalue weighted by Crippen LogP contribution is -2.30. The van der Waals surface area contributed by atoms with Gasteiger partial charge in [0.25, 0.3) is 0 Å². The number of hydrogen-bond acceptors (Lipinski definition) is 5. The number of benzene rings is 2. The van der Waals surface area contributed by atoms with Crippen molar-refractivity contribution in [2.24, 2.45) is 5.92 Å². The number of carboxylic acids is 1. The number of aromatic nitrogens is 3. The molecule has 0 spiro atoms. The minimum Gasteiger partial charge on any atom is -0.493 e. The normalized spacial score (nSPS) is 14.2. The van der Waals surface area contributed by atoms with Gasteiger partial charge in [-0.2, -0.15) is 10.1 Å². The summed E-state index contributed by atoms with van der Waals surface area (Å²) in [6.07, 6.45) is 4.29. The van der Waals surface area contributed by atoms with E-state index in [1.54, 1.807) is 22.8 Å². The molecule has 2 heterocycles.